The first-order valence-electron chi connectivity index (χ1n) is 9.26. The zero-order chi connectivity index (χ0) is 18.4. The van der Waals surface area contributed by atoms with Gasteiger partial charge in [0.15, 0.2) is 5.75 Å². The van der Waals surface area contributed by atoms with Crippen LogP contribution in [-0.2, 0) is 13.2 Å². The number of likely N-dealkylation sites (N-methyl/N-ethyl adjacent to an activating group) is 1. The van der Waals surface area contributed by atoms with Crippen LogP contribution in [0, 0.1) is 0 Å². The average Bonchev–Trinajstić information content (AvgIpc) is 3.09. The molecule has 0 spiro atoms. The first-order valence-corrected chi connectivity index (χ1v) is 10.0. The Balaban J connectivity index is 1.55. The largest absolute Gasteiger partial charge is 0.486 e. The van der Waals surface area contributed by atoms with Crippen LogP contribution < -0.4 is 10.1 Å². The highest BCUT2D eigenvalue weighted by atomic mass is 35.5. The number of hydrogen-bond acceptors (Lipinski definition) is 3. The van der Waals surface area contributed by atoms with E-state index in [4.69, 9.17) is 27.9 Å². The first kappa shape index (κ1) is 19.5. The molecule has 0 unspecified atom stereocenters. The van der Waals surface area contributed by atoms with E-state index in [2.05, 4.69) is 17.1 Å². The Morgan fingerprint density at radius 3 is 2.54 bits per heavy atom. The fourth-order valence-electron chi connectivity index (χ4n) is 3.51. The Hall–Kier alpha value is -1.26. The lowest BCUT2D eigenvalue weighted by Gasteiger charge is -2.23. The van der Waals surface area contributed by atoms with Gasteiger partial charge in [-0.25, -0.2) is 0 Å². The van der Waals surface area contributed by atoms with E-state index in [1.54, 1.807) is 0 Å². The van der Waals surface area contributed by atoms with Crippen LogP contribution in [0.25, 0.3) is 0 Å². The lowest BCUT2D eigenvalue weighted by molar-refractivity contribution is 0.260. The zero-order valence-electron chi connectivity index (χ0n) is 15.2. The van der Waals surface area contributed by atoms with Crippen molar-refractivity contribution in [2.45, 2.75) is 39.0 Å². The molecule has 0 aromatic heterocycles. The van der Waals surface area contributed by atoms with Gasteiger partial charge < -0.3 is 10.1 Å². The summed E-state index contributed by atoms with van der Waals surface area (Å²) >= 11 is 12.8. The van der Waals surface area contributed by atoms with Gasteiger partial charge >= 0.3 is 0 Å². The Morgan fingerprint density at radius 2 is 1.85 bits per heavy atom. The second-order valence-electron chi connectivity index (χ2n) is 6.72. The number of benzene rings is 2. The van der Waals surface area contributed by atoms with Crippen LogP contribution in [0.1, 0.15) is 30.9 Å². The Kier molecular flexibility index (Phi) is 7.21. The second-order valence-corrected chi connectivity index (χ2v) is 7.53. The number of ether oxygens (including phenoxy) is 1. The topological polar surface area (TPSA) is 24.5 Å². The fraction of sp³-hybridized carbons (Fsp3) is 0.429. The molecule has 2 aromatic rings. The minimum Gasteiger partial charge on any atom is -0.486 e. The molecular formula is C21H26Cl2N2O. The molecule has 1 aliphatic rings. The maximum atomic E-state index is 6.41. The van der Waals surface area contributed by atoms with Crippen molar-refractivity contribution in [1.29, 1.82) is 0 Å². The molecule has 1 heterocycles. The van der Waals surface area contributed by atoms with Crippen molar-refractivity contribution in [2.75, 3.05) is 19.6 Å². The van der Waals surface area contributed by atoms with Crippen LogP contribution in [-0.4, -0.2) is 30.6 Å². The first-order chi connectivity index (χ1) is 12.7. The summed E-state index contributed by atoms with van der Waals surface area (Å²) in [6, 6.07) is 14.5. The number of hydrogen-bond donors (Lipinski definition) is 1. The number of nitrogens with zero attached hydrogens (tertiary/aromatic N) is 1. The summed E-state index contributed by atoms with van der Waals surface area (Å²) in [5, 5.41) is 4.65. The average molecular weight is 393 g/mol. The number of halogens is 2. The van der Waals surface area contributed by atoms with E-state index < -0.39 is 0 Å². The highest BCUT2D eigenvalue weighted by molar-refractivity contribution is 6.37. The third-order valence-corrected chi connectivity index (χ3v) is 5.46. The quantitative estimate of drug-likeness (QED) is 0.672. The second kappa shape index (κ2) is 9.61. The van der Waals surface area contributed by atoms with E-state index in [1.807, 2.05) is 42.5 Å². The van der Waals surface area contributed by atoms with Gasteiger partial charge in [-0.2, -0.15) is 0 Å². The maximum absolute atomic E-state index is 6.41. The SMILES string of the molecule is CCN1CCC[C@H]1CNCc1cc(Cl)c(OCc2ccccc2)c(Cl)c1. The molecule has 0 bridgehead atoms. The van der Waals surface area contributed by atoms with Crippen LogP contribution in [0.4, 0.5) is 0 Å². The number of rotatable bonds is 8. The summed E-state index contributed by atoms with van der Waals surface area (Å²) in [5.41, 5.74) is 2.16. The summed E-state index contributed by atoms with van der Waals surface area (Å²) in [5.74, 6) is 0.550. The van der Waals surface area contributed by atoms with Crippen LogP contribution in [0.15, 0.2) is 42.5 Å². The summed E-state index contributed by atoms with van der Waals surface area (Å²) in [7, 11) is 0. The van der Waals surface area contributed by atoms with E-state index >= 15 is 0 Å². The predicted molar refractivity (Wildman–Crippen MR) is 109 cm³/mol. The normalized spacial score (nSPS) is 17.6. The van der Waals surface area contributed by atoms with Gasteiger partial charge in [-0.1, -0.05) is 60.5 Å². The molecule has 0 amide bonds. The van der Waals surface area contributed by atoms with Crippen molar-refractivity contribution in [3.8, 4) is 5.75 Å². The highest BCUT2D eigenvalue weighted by Gasteiger charge is 2.22. The molecule has 3 nitrogen and oxygen atoms in total. The van der Waals surface area contributed by atoms with Gasteiger partial charge in [-0.05, 0) is 49.2 Å². The van der Waals surface area contributed by atoms with Crippen molar-refractivity contribution in [2.24, 2.45) is 0 Å². The van der Waals surface area contributed by atoms with Crippen molar-refractivity contribution in [1.82, 2.24) is 10.2 Å². The Bertz CT molecular complexity index is 685. The molecule has 26 heavy (non-hydrogen) atoms. The Morgan fingerprint density at radius 1 is 1.12 bits per heavy atom. The van der Waals surface area contributed by atoms with Crippen LogP contribution in [0.5, 0.6) is 5.75 Å². The van der Waals surface area contributed by atoms with E-state index in [0.29, 0.717) is 28.4 Å². The molecule has 1 fully saturated rings. The summed E-state index contributed by atoms with van der Waals surface area (Å²) in [4.78, 5) is 2.54. The molecule has 0 aliphatic carbocycles. The van der Waals surface area contributed by atoms with Gasteiger partial charge in [-0.3, -0.25) is 4.90 Å². The highest BCUT2D eigenvalue weighted by Crippen LogP contribution is 2.34. The molecular weight excluding hydrogens is 367 g/mol. The number of likely N-dealkylation sites (tertiary alicyclic amines) is 1. The molecule has 3 rings (SSSR count). The molecule has 2 aromatic carbocycles. The van der Waals surface area contributed by atoms with E-state index in [9.17, 15) is 0 Å². The fourth-order valence-corrected chi connectivity index (χ4v) is 4.15. The van der Waals surface area contributed by atoms with Crippen LogP contribution in [0.3, 0.4) is 0 Å². The zero-order valence-corrected chi connectivity index (χ0v) is 16.7. The molecule has 1 atom stereocenters. The predicted octanol–water partition coefficient (Wildman–Crippen LogP) is 5.15. The molecule has 0 radical (unpaired) electrons. The Labute approximate surface area is 166 Å². The molecule has 1 N–H and O–H groups in total. The van der Waals surface area contributed by atoms with E-state index in [1.165, 1.54) is 19.4 Å². The van der Waals surface area contributed by atoms with E-state index in [0.717, 1.165) is 30.8 Å². The third kappa shape index (κ3) is 5.14. The van der Waals surface area contributed by atoms with Gasteiger partial charge in [-0.15, -0.1) is 0 Å². The van der Waals surface area contributed by atoms with Gasteiger partial charge in [0.1, 0.15) is 6.61 Å². The lowest BCUT2D eigenvalue weighted by Crippen LogP contribution is -2.37. The molecule has 140 valence electrons. The minimum atomic E-state index is 0.451. The summed E-state index contributed by atoms with van der Waals surface area (Å²) in [6.45, 7) is 6.77. The lowest BCUT2D eigenvalue weighted by atomic mass is 10.2. The van der Waals surface area contributed by atoms with Gasteiger partial charge in [0.05, 0.1) is 10.0 Å². The molecule has 5 heteroatoms. The minimum absolute atomic E-state index is 0.451. The van der Waals surface area contributed by atoms with Crippen molar-refractivity contribution in [3.63, 3.8) is 0 Å². The van der Waals surface area contributed by atoms with Crippen molar-refractivity contribution in [3.05, 3.63) is 63.6 Å². The third-order valence-electron chi connectivity index (χ3n) is 4.90. The van der Waals surface area contributed by atoms with Crippen molar-refractivity contribution >= 4 is 23.2 Å². The van der Waals surface area contributed by atoms with Crippen LogP contribution >= 0.6 is 23.2 Å². The van der Waals surface area contributed by atoms with Crippen molar-refractivity contribution < 1.29 is 4.74 Å². The monoisotopic (exact) mass is 392 g/mol. The maximum Gasteiger partial charge on any atom is 0.156 e. The van der Waals surface area contributed by atoms with Crippen LogP contribution in [0.2, 0.25) is 10.0 Å². The van der Waals surface area contributed by atoms with Gasteiger partial charge in [0.2, 0.25) is 0 Å². The molecule has 0 saturated carbocycles. The van der Waals surface area contributed by atoms with Gasteiger partial charge in [0.25, 0.3) is 0 Å². The standard InChI is InChI=1S/C21H26Cl2N2O/c1-2-25-10-6-9-18(25)14-24-13-17-11-19(22)21(20(23)12-17)26-15-16-7-4-3-5-8-16/h3-5,7-8,11-12,18,24H,2,6,9-10,13-15H2,1H3/t18-/m0/s1. The number of nitrogens with one attached hydrogen (secondary N) is 1. The summed E-state index contributed by atoms with van der Waals surface area (Å²) in [6.07, 6.45) is 2.57. The van der Waals surface area contributed by atoms with E-state index in [-0.39, 0.29) is 0 Å². The molecule has 1 saturated heterocycles. The summed E-state index contributed by atoms with van der Waals surface area (Å²) < 4.78 is 5.83. The van der Waals surface area contributed by atoms with Gasteiger partial charge in [0, 0.05) is 19.1 Å². The smallest absolute Gasteiger partial charge is 0.156 e. The molecule has 1 aliphatic heterocycles.